The van der Waals surface area contributed by atoms with Gasteiger partial charge in [-0.3, -0.25) is 4.79 Å². The van der Waals surface area contributed by atoms with Crippen LogP contribution in [0.2, 0.25) is 0 Å². The predicted octanol–water partition coefficient (Wildman–Crippen LogP) is 2.18. The second-order valence-electron chi connectivity index (χ2n) is 5.31. The first-order valence-electron chi connectivity index (χ1n) is 6.79. The molecule has 5 nitrogen and oxygen atoms in total. The third-order valence-electron chi connectivity index (χ3n) is 4.06. The van der Waals surface area contributed by atoms with E-state index in [-0.39, 0.29) is 5.78 Å². The van der Waals surface area contributed by atoms with Crippen LogP contribution in [-0.4, -0.2) is 15.4 Å². The number of nitriles is 1. The van der Waals surface area contributed by atoms with Gasteiger partial charge in [-0.25, -0.2) is 4.52 Å². The van der Waals surface area contributed by atoms with E-state index in [4.69, 9.17) is 5.73 Å². The number of carbonyl (C=O) groups excluding carboxylic acids is 1. The van der Waals surface area contributed by atoms with Gasteiger partial charge in [-0.2, -0.15) is 10.4 Å². The summed E-state index contributed by atoms with van der Waals surface area (Å²) in [7, 11) is 0. The maximum atomic E-state index is 11.9. The molecule has 0 spiro atoms. The molecule has 0 atom stereocenters. The Morgan fingerprint density at radius 2 is 2.00 bits per heavy atom. The molecule has 3 rings (SSSR count). The fraction of sp³-hybridized carbons (Fsp3) is 0.400. The number of ketones is 1. The van der Waals surface area contributed by atoms with Crippen LogP contribution in [0.15, 0.2) is 0 Å². The topological polar surface area (TPSA) is 84.2 Å². The van der Waals surface area contributed by atoms with Gasteiger partial charge in [0.15, 0.2) is 5.78 Å². The summed E-state index contributed by atoms with van der Waals surface area (Å²) in [6.07, 6.45) is 3.85. The van der Waals surface area contributed by atoms with Crippen LogP contribution >= 0.6 is 0 Å². The molecule has 2 aromatic rings. The summed E-state index contributed by atoms with van der Waals surface area (Å²) in [6.45, 7) is 3.36. The van der Waals surface area contributed by atoms with E-state index in [2.05, 4.69) is 11.2 Å². The number of nitrogen functional groups attached to an aromatic ring is 1. The number of rotatable bonds is 1. The second kappa shape index (κ2) is 4.34. The van der Waals surface area contributed by atoms with Crippen LogP contribution < -0.4 is 5.73 Å². The molecular weight excluding hydrogens is 252 g/mol. The third-order valence-corrected chi connectivity index (χ3v) is 4.06. The summed E-state index contributed by atoms with van der Waals surface area (Å²) < 4.78 is 1.58. The lowest BCUT2D eigenvalue weighted by Gasteiger charge is -2.20. The van der Waals surface area contributed by atoms with Crippen molar-refractivity contribution >= 4 is 17.1 Å². The summed E-state index contributed by atoms with van der Waals surface area (Å²) in [6, 6.07) is 2.20. The number of anilines is 1. The first-order chi connectivity index (χ1) is 9.56. The van der Waals surface area contributed by atoms with E-state index in [0.29, 0.717) is 22.6 Å². The second-order valence-corrected chi connectivity index (χ2v) is 5.31. The number of hydrogen-bond acceptors (Lipinski definition) is 4. The monoisotopic (exact) mass is 268 g/mol. The van der Waals surface area contributed by atoms with Crippen molar-refractivity contribution in [2.24, 2.45) is 0 Å². The predicted molar refractivity (Wildman–Crippen MR) is 75.7 cm³/mol. The molecule has 1 aliphatic rings. The van der Waals surface area contributed by atoms with Gasteiger partial charge in [-0.15, -0.1) is 0 Å². The summed E-state index contributed by atoms with van der Waals surface area (Å²) in [5.74, 6) is 0.341. The van der Waals surface area contributed by atoms with Crippen molar-refractivity contribution < 1.29 is 4.79 Å². The number of Topliss-reactive ketones (excluding diaryl/α,β-unsaturated/α-hetero) is 1. The minimum atomic E-state index is -0.00520. The Kier molecular flexibility index (Phi) is 2.75. The minimum Gasteiger partial charge on any atom is -0.383 e. The molecule has 2 heterocycles. The highest BCUT2D eigenvalue weighted by atomic mass is 16.1. The first kappa shape index (κ1) is 12.7. The lowest BCUT2D eigenvalue weighted by molar-refractivity contribution is 0.101. The zero-order valence-electron chi connectivity index (χ0n) is 11.7. The number of aryl methyl sites for hydroxylation is 2. The number of fused-ring (bicyclic) bond motifs is 3. The lowest BCUT2D eigenvalue weighted by atomic mass is 9.87. The highest BCUT2D eigenvalue weighted by Gasteiger charge is 2.26. The normalized spacial score (nSPS) is 14.1. The van der Waals surface area contributed by atoms with E-state index in [9.17, 15) is 10.1 Å². The molecule has 0 bridgehead atoms. The molecule has 2 N–H and O–H groups in total. The van der Waals surface area contributed by atoms with Gasteiger partial charge >= 0.3 is 0 Å². The molecule has 0 radical (unpaired) electrons. The molecular formula is C15H16N4O. The average molecular weight is 268 g/mol. The maximum Gasteiger partial charge on any atom is 0.163 e. The molecule has 0 unspecified atom stereocenters. The van der Waals surface area contributed by atoms with Crippen molar-refractivity contribution in [2.45, 2.75) is 39.5 Å². The lowest BCUT2D eigenvalue weighted by Crippen LogP contribution is -2.13. The quantitative estimate of drug-likeness (QED) is 0.803. The van der Waals surface area contributed by atoms with Gasteiger partial charge in [0.05, 0.1) is 22.3 Å². The molecule has 5 heteroatoms. The Hall–Kier alpha value is -2.35. The van der Waals surface area contributed by atoms with Gasteiger partial charge in [0.25, 0.3) is 0 Å². The molecule has 0 saturated carbocycles. The molecule has 0 amide bonds. The Morgan fingerprint density at radius 3 is 2.60 bits per heavy atom. The van der Waals surface area contributed by atoms with Crippen LogP contribution in [0.1, 0.15) is 52.5 Å². The molecule has 0 fully saturated rings. The number of pyridine rings is 1. The van der Waals surface area contributed by atoms with Gasteiger partial charge in [-0.1, -0.05) is 0 Å². The van der Waals surface area contributed by atoms with Crippen LogP contribution in [0.3, 0.4) is 0 Å². The first-order valence-corrected chi connectivity index (χ1v) is 6.79. The molecule has 2 aromatic heterocycles. The van der Waals surface area contributed by atoms with Crippen molar-refractivity contribution in [3.8, 4) is 6.07 Å². The van der Waals surface area contributed by atoms with Crippen LogP contribution in [0, 0.1) is 18.3 Å². The van der Waals surface area contributed by atoms with E-state index in [0.717, 1.165) is 42.3 Å². The van der Waals surface area contributed by atoms with E-state index in [1.165, 1.54) is 0 Å². The summed E-state index contributed by atoms with van der Waals surface area (Å²) in [4.78, 5) is 11.9. The standard InChI is InChI=1S/C15H16N4O/c1-8-13(9(2)20)14-11-6-4-3-5-10(11)12(7-16)15(17)19(14)18-8/h3-6,17H2,1-2H3. The molecule has 0 saturated heterocycles. The van der Waals surface area contributed by atoms with Crippen molar-refractivity contribution in [3.05, 3.63) is 27.9 Å². The van der Waals surface area contributed by atoms with Crippen molar-refractivity contribution in [1.82, 2.24) is 9.61 Å². The van der Waals surface area contributed by atoms with Gasteiger partial charge in [0.1, 0.15) is 11.9 Å². The Bertz CT molecular complexity index is 780. The maximum absolute atomic E-state index is 11.9. The largest absolute Gasteiger partial charge is 0.383 e. The average Bonchev–Trinajstić information content (AvgIpc) is 2.77. The van der Waals surface area contributed by atoms with Crippen molar-refractivity contribution in [3.63, 3.8) is 0 Å². The number of aromatic nitrogens is 2. The number of nitrogens with zero attached hydrogens (tertiary/aromatic N) is 3. The van der Waals surface area contributed by atoms with Crippen LogP contribution in [-0.2, 0) is 12.8 Å². The van der Waals surface area contributed by atoms with E-state index >= 15 is 0 Å². The number of carbonyl (C=O) groups is 1. The molecule has 0 aromatic carbocycles. The summed E-state index contributed by atoms with van der Waals surface area (Å²) in [5, 5.41) is 13.8. The molecule has 0 aliphatic heterocycles. The van der Waals surface area contributed by atoms with E-state index in [1.807, 2.05) is 6.92 Å². The van der Waals surface area contributed by atoms with Gasteiger partial charge in [0.2, 0.25) is 0 Å². The third kappa shape index (κ3) is 1.54. The van der Waals surface area contributed by atoms with E-state index < -0.39 is 0 Å². The highest BCUT2D eigenvalue weighted by molar-refractivity contribution is 6.03. The Balaban J connectivity index is 2.54. The van der Waals surface area contributed by atoms with Crippen molar-refractivity contribution in [1.29, 1.82) is 5.26 Å². The zero-order chi connectivity index (χ0) is 14.4. The molecule has 1 aliphatic carbocycles. The van der Waals surface area contributed by atoms with Crippen LogP contribution in [0.5, 0.6) is 0 Å². The van der Waals surface area contributed by atoms with Crippen LogP contribution in [0.25, 0.3) is 5.52 Å². The smallest absolute Gasteiger partial charge is 0.163 e. The van der Waals surface area contributed by atoms with E-state index in [1.54, 1.807) is 11.4 Å². The van der Waals surface area contributed by atoms with Crippen molar-refractivity contribution in [2.75, 3.05) is 5.73 Å². The summed E-state index contributed by atoms with van der Waals surface area (Å²) >= 11 is 0. The SMILES string of the molecule is CC(=O)c1c(C)nn2c(N)c(C#N)c3c(c12)CCCC3. The highest BCUT2D eigenvalue weighted by Crippen LogP contribution is 2.34. The van der Waals surface area contributed by atoms with Gasteiger partial charge in [-0.05, 0) is 50.7 Å². The zero-order valence-corrected chi connectivity index (χ0v) is 11.7. The fourth-order valence-corrected chi connectivity index (χ4v) is 3.23. The molecule has 20 heavy (non-hydrogen) atoms. The van der Waals surface area contributed by atoms with Gasteiger partial charge < -0.3 is 5.73 Å². The minimum absolute atomic E-state index is 0.00520. The Morgan fingerprint density at radius 1 is 1.35 bits per heavy atom. The fourth-order valence-electron chi connectivity index (χ4n) is 3.23. The van der Waals surface area contributed by atoms with Gasteiger partial charge in [0, 0.05) is 0 Å². The molecule has 102 valence electrons. The Labute approximate surface area is 117 Å². The summed E-state index contributed by atoms with van der Waals surface area (Å²) in [5.41, 5.74) is 10.8. The number of nitrogens with two attached hydrogens (primary N) is 1. The number of hydrogen-bond donors (Lipinski definition) is 1. The van der Waals surface area contributed by atoms with Crippen LogP contribution in [0.4, 0.5) is 5.82 Å².